The summed E-state index contributed by atoms with van der Waals surface area (Å²) < 4.78 is 0. The second kappa shape index (κ2) is 4.87. The predicted octanol–water partition coefficient (Wildman–Crippen LogP) is 3.60. The molecule has 4 atom stereocenters. The molecule has 2 nitrogen and oxygen atoms in total. The molecule has 3 aliphatic carbocycles. The third kappa shape index (κ3) is 2.02. The van der Waals surface area contributed by atoms with Crippen molar-refractivity contribution < 1.29 is 4.79 Å². The first kappa shape index (κ1) is 12.9. The van der Waals surface area contributed by atoms with E-state index in [4.69, 9.17) is 0 Å². The van der Waals surface area contributed by atoms with Crippen LogP contribution in [0.3, 0.4) is 0 Å². The maximum atomic E-state index is 12.6. The zero-order valence-electron chi connectivity index (χ0n) is 11.5. The Morgan fingerprint density at radius 1 is 1.15 bits per heavy atom. The van der Waals surface area contributed by atoms with Crippen LogP contribution < -0.4 is 5.32 Å². The normalized spacial score (nSPS) is 38.0. The van der Waals surface area contributed by atoms with Crippen LogP contribution in [0, 0.1) is 17.8 Å². The van der Waals surface area contributed by atoms with Gasteiger partial charge in [-0.05, 0) is 42.2 Å². The topological polar surface area (TPSA) is 29.1 Å². The van der Waals surface area contributed by atoms with Gasteiger partial charge in [-0.2, -0.15) is 0 Å². The zero-order chi connectivity index (χ0) is 13.7. The van der Waals surface area contributed by atoms with Gasteiger partial charge in [0.05, 0.1) is 6.04 Å². The summed E-state index contributed by atoms with van der Waals surface area (Å²) in [5.41, 5.74) is 2.67. The standard InChI is InChI=1S/C17H20BrNO/c18-14-9-10-5-1-2-6-11(10)16(14)19-17(20)15-12-7-3-4-8-13(12)15/h1-2,5-6,12-16H,3-4,7-9H2,(H,19,20). The third-order valence-electron chi connectivity index (χ3n) is 5.42. The molecule has 1 amide bonds. The Morgan fingerprint density at radius 2 is 1.85 bits per heavy atom. The number of carbonyl (C=O) groups excluding carboxylic acids is 1. The molecule has 4 rings (SSSR count). The van der Waals surface area contributed by atoms with E-state index in [9.17, 15) is 4.79 Å². The van der Waals surface area contributed by atoms with Crippen molar-refractivity contribution >= 4 is 21.8 Å². The van der Waals surface area contributed by atoms with Gasteiger partial charge in [0.15, 0.2) is 0 Å². The van der Waals surface area contributed by atoms with Gasteiger partial charge in [0, 0.05) is 10.7 Å². The third-order valence-corrected chi connectivity index (χ3v) is 6.28. The molecule has 0 spiro atoms. The van der Waals surface area contributed by atoms with E-state index in [0.29, 0.717) is 28.5 Å². The molecule has 0 heterocycles. The molecule has 0 aliphatic heterocycles. The van der Waals surface area contributed by atoms with Crippen LogP contribution in [0.1, 0.15) is 42.9 Å². The van der Waals surface area contributed by atoms with Crippen molar-refractivity contribution in [1.82, 2.24) is 5.32 Å². The highest BCUT2D eigenvalue weighted by Gasteiger charge is 2.55. The number of halogens is 1. The number of alkyl halides is 1. The molecule has 106 valence electrons. The molecule has 20 heavy (non-hydrogen) atoms. The Balaban J connectivity index is 1.48. The van der Waals surface area contributed by atoms with E-state index < -0.39 is 0 Å². The first-order valence-electron chi connectivity index (χ1n) is 7.78. The van der Waals surface area contributed by atoms with Gasteiger partial charge in [-0.3, -0.25) is 4.79 Å². The second-order valence-electron chi connectivity index (χ2n) is 6.54. The number of hydrogen-bond donors (Lipinski definition) is 1. The van der Waals surface area contributed by atoms with Gasteiger partial charge in [-0.15, -0.1) is 0 Å². The summed E-state index contributed by atoms with van der Waals surface area (Å²) in [5.74, 6) is 1.99. The van der Waals surface area contributed by atoms with Crippen LogP contribution in [0.4, 0.5) is 0 Å². The monoisotopic (exact) mass is 333 g/mol. The molecule has 2 fully saturated rings. The Hall–Kier alpha value is -0.830. The van der Waals surface area contributed by atoms with Crippen LogP contribution in [0.5, 0.6) is 0 Å². The molecule has 3 heteroatoms. The summed E-state index contributed by atoms with van der Waals surface area (Å²) in [4.78, 5) is 12.9. The Bertz CT molecular complexity index is 532. The molecule has 1 aromatic rings. The van der Waals surface area contributed by atoms with Crippen LogP contribution in [-0.2, 0) is 11.2 Å². The van der Waals surface area contributed by atoms with Crippen molar-refractivity contribution in [3.05, 3.63) is 35.4 Å². The molecule has 1 N–H and O–H groups in total. The lowest BCUT2D eigenvalue weighted by Gasteiger charge is -2.18. The smallest absolute Gasteiger partial charge is 0.224 e. The molecule has 0 saturated heterocycles. The molecular weight excluding hydrogens is 314 g/mol. The molecular formula is C17H20BrNO. The lowest BCUT2D eigenvalue weighted by atomic mass is 10.0. The van der Waals surface area contributed by atoms with Crippen LogP contribution in [0.15, 0.2) is 24.3 Å². The summed E-state index contributed by atoms with van der Waals surface area (Å²) in [6.07, 6.45) is 6.18. The Labute approximate surface area is 128 Å². The van der Waals surface area contributed by atoms with Crippen LogP contribution in [0.25, 0.3) is 0 Å². The maximum absolute atomic E-state index is 12.6. The summed E-state index contributed by atoms with van der Waals surface area (Å²) in [6.45, 7) is 0. The molecule has 4 unspecified atom stereocenters. The van der Waals surface area contributed by atoms with Crippen LogP contribution in [-0.4, -0.2) is 10.7 Å². The number of amides is 1. The molecule has 0 radical (unpaired) electrons. The van der Waals surface area contributed by atoms with Crippen LogP contribution in [0.2, 0.25) is 0 Å². The van der Waals surface area contributed by atoms with E-state index in [2.05, 4.69) is 45.5 Å². The van der Waals surface area contributed by atoms with Gasteiger partial charge < -0.3 is 5.32 Å². The van der Waals surface area contributed by atoms with Crippen molar-refractivity contribution in [1.29, 1.82) is 0 Å². The van der Waals surface area contributed by atoms with Crippen molar-refractivity contribution in [2.75, 3.05) is 0 Å². The quantitative estimate of drug-likeness (QED) is 0.823. The number of carbonyl (C=O) groups is 1. The minimum atomic E-state index is 0.154. The fourth-order valence-corrected chi connectivity index (χ4v) is 5.11. The number of fused-ring (bicyclic) bond motifs is 2. The lowest BCUT2D eigenvalue weighted by Crippen LogP contribution is -2.33. The van der Waals surface area contributed by atoms with Gasteiger partial charge >= 0.3 is 0 Å². The summed E-state index contributed by atoms with van der Waals surface area (Å²) >= 11 is 3.75. The van der Waals surface area contributed by atoms with E-state index in [1.165, 1.54) is 36.8 Å². The second-order valence-corrected chi connectivity index (χ2v) is 7.72. The fraction of sp³-hybridized carbons (Fsp3) is 0.588. The van der Waals surface area contributed by atoms with Crippen molar-refractivity contribution in [3.8, 4) is 0 Å². The summed E-state index contributed by atoms with van der Waals surface area (Å²) in [6, 6.07) is 8.63. The highest BCUT2D eigenvalue weighted by atomic mass is 79.9. The average Bonchev–Trinajstić information content (AvgIpc) is 3.12. The van der Waals surface area contributed by atoms with Crippen molar-refractivity contribution in [2.24, 2.45) is 17.8 Å². The molecule has 0 aromatic heterocycles. The van der Waals surface area contributed by atoms with E-state index in [1.54, 1.807) is 0 Å². The number of rotatable bonds is 2. The van der Waals surface area contributed by atoms with E-state index >= 15 is 0 Å². The number of benzene rings is 1. The first-order valence-corrected chi connectivity index (χ1v) is 8.69. The van der Waals surface area contributed by atoms with Gasteiger partial charge in [0.2, 0.25) is 5.91 Å². The van der Waals surface area contributed by atoms with E-state index in [0.717, 1.165) is 6.42 Å². The number of hydrogen-bond acceptors (Lipinski definition) is 1. The van der Waals surface area contributed by atoms with Gasteiger partial charge in [-0.1, -0.05) is 53.0 Å². The van der Waals surface area contributed by atoms with E-state index in [1.807, 2.05) is 0 Å². The SMILES string of the molecule is O=C(NC1c2ccccc2CC1Br)C1C2CCCCC21. The van der Waals surface area contributed by atoms with E-state index in [-0.39, 0.29) is 6.04 Å². The van der Waals surface area contributed by atoms with Gasteiger partial charge in [0.25, 0.3) is 0 Å². The lowest BCUT2D eigenvalue weighted by molar-refractivity contribution is -0.123. The first-order chi connectivity index (χ1) is 9.75. The highest BCUT2D eigenvalue weighted by Crippen LogP contribution is 2.55. The maximum Gasteiger partial charge on any atom is 0.224 e. The Kier molecular flexibility index (Phi) is 3.13. The molecule has 2 saturated carbocycles. The number of nitrogens with one attached hydrogen (secondary N) is 1. The average molecular weight is 334 g/mol. The predicted molar refractivity (Wildman–Crippen MR) is 82.7 cm³/mol. The molecule has 0 bridgehead atoms. The fourth-order valence-electron chi connectivity index (χ4n) is 4.35. The zero-order valence-corrected chi connectivity index (χ0v) is 13.1. The minimum absolute atomic E-state index is 0.154. The minimum Gasteiger partial charge on any atom is -0.348 e. The summed E-state index contributed by atoms with van der Waals surface area (Å²) in [5, 5.41) is 3.32. The van der Waals surface area contributed by atoms with Gasteiger partial charge in [0.1, 0.15) is 0 Å². The summed E-state index contributed by atoms with van der Waals surface area (Å²) in [7, 11) is 0. The van der Waals surface area contributed by atoms with Crippen LogP contribution >= 0.6 is 15.9 Å². The molecule has 3 aliphatic rings. The highest BCUT2D eigenvalue weighted by molar-refractivity contribution is 9.09. The Morgan fingerprint density at radius 3 is 2.60 bits per heavy atom. The largest absolute Gasteiger partial charge is 0.348 e. The molecule has 1 aromatic carbocycles. The van der Waals surface area contributed by atoms with Gasteiger partial charge in [-0.25, -0.2) is 0 Å². The van der Waals surface area contributed by atoms with Crippen molar-refractivity contribution in [2.45, 2.75) is 43.0 Å². The van der Waals surface area contributed by atoms with Crippen molar-refractivity contribution in [3.63, 3.8) is 0 Å².